The molecule has 1 unspecified atom stereocenters. The van der Waals surface area contributed by atoms with Crippen LogP contribution in [0.4, 0.5) is 5.69 Å². The second-order valence-corrected chi connectivity index (χ2v) is 8.38. The second kappa shape index (κ2) is 10.5. The number of rotatable bonds is 5. The smallest absolute Gasteiger partial charge is 0.254 e. The van der Waals surface area contributed by atoms with Crippen LogP contribution in [0.1, 0.15) is 45.5 Å². The molecule has 4 heteroatoms. The van der Waals surface area contributed by atoms with E-state index in [1.165, 1.54) is 5.56 Å². The summed E-state index contributed by atoms with van der Waals surface area (Å²) in [6.07, 6.45) is 2.90. The van der Waals surface area contributed by atoms with E-state index < -0.39 is 0 Å². The number of likely N-dealkylation sites (tertiary alicyclic amines) is 1. The maximum atomic E-state index is 12.8. The van der Waals surface area contributed by atoms with Gasteiger partial charge in [-0.3, -0.25) is 4.79 Å². The van der Waals surface area contributed by atoms with E-state index >= 15 is 0 Å². The first kappa shape index (κ1) is 22.2. The van der Waals surface area contributed by atoms with Gasteiger partial charge in [0.25, 0.3) is 5.91 Å². The van der Waals surface area contributed by atoms with E-state index in [1.54, 1.807) is 6.07 Å². The molecular weight excluding hydrogens is 406 g/mol. The molecule has 1 saturated heterocycles. The van der Waals surface area contributed by atoms with Crippen LogP contribution in [-0.4, -0.2) is 29.9 Å². The summed E-state index contributed by atoms with van der Waals surface area (Å²) >= 11 is 0. The van der Waals surface area contributed by atoms with Gasteiger partial charge in [-0.1, -0.05) is 48.2 Å². The summed E-state index contributed by atoms with van der Waals surface area (Å²) in [5, 5.41) is 12.7. The summed E-state index contributed by atoms with van der Waals surface area (Å²) < 4.78 is 0. The summed E-state index contributed by atoms with van der Waals surface area (Å²) in [6.45, 7) is 3.67. The van der Waals surface area contributed by atoms with E-state index in [4.69, 9.17) is 0 Å². The number of hydrogen-bond acceptors (Lipinski definition) is 3. The Bertz CT molecular complexity index is 1220. The van der Waals surface area contributed by atoms with Crippen molar-refractivity contribution in [3.05, 3.63) is 101 Å². The number of aryl methyl sites for hydroxylation is 1. The zero-order chi connectivity index (χ0) is 23.0. The van der Waals surface area contributed by atoms with Crippen molar-refractivity contribution in [2.75, 3.05) is 18.4 Å². The molecule has 1 fully saturated rings. The predicted octanol–water partition coefficient (Wildman–Crippen LogP) is 5.18. The number of carbonyl (C=O) groups is 1. The van der Waals surface area contributed by atoms with Crippen molar-refractivity contribution < 1.29 is 4.79 Å². The van der Waals surface area contributed by atoms with Crippen molar-refractivity contribution in [3.63, 3.8) is 0 Å². The van der Waals surface area contributed by atoms with Crippen LogP contribution in [0, 0.1) is 30.1 Å². The highest BCUT2D eigenvalue weighted by atomic mass is 16.2. The number of hydrogen-bond donors (Lipinski definition) is 1. The fraction of sp³-hybridized carbons (Fsp3) is 0.241. The average molecular weight is 434 g/mol. The molecule has 1 amide bonds. The predicted molar refractivity (Wildman–Crippen MR) is 132 cm³/mol. The van der Waals surface area contributed by atoms with Crippen LogP contribution >= 0.6 is 0 Å². The number of amides is 1. The lowest BCUT2D eigenvalue weighted by atomic mass is 10.0. The van der Waals surface area contributed by atoms with E-state index in [2.05, 4.69) is 35.4 Å². The van der Waals surface area contributed by atoms with Crippen molar-refractivity contribution in [2.24, 2.45) is 0 Å². The minimum absolute atomic E-state index is 0.116. The monoisotopic (exact) mass is 433 g/mol. The second-order valence-electron chi connectivity index (χ2n) is 8.38. The van der Waals surface area contributed by atoms with E-state index in [0.29, 0.717) is 5.56 Å². The van der Waals surface area contributed by atoms with E-state index in [-0.39, 0.29) is 11.9 Å². The molecule has 33 heavy (non-hydrogen) atoms. The zero-order valence-corrected chi connectivity index (χ0v) is 18.8. The Labute approximate surface area is 195 Å². The summed E-state index contributed by atoms with van der Waals surface area (Å²) in [5.74, 6) is 6.77. The minimum atomic E-state index is -0.132. The summed E-state index contributed by atoms with van der Waals surface area (Å²) in [7, 11) is 0. The lowest BCUT2D eigenvalue weighted by Gasteiger charge is -2.17. The quantitative estimate of drug-likeness (QED) is 0.564. The molecule has 4 nitrogen and oxygen atoms in total. The van der Waals surface area contributed by atoms with E-state index in [9.17, 15) is 10.1 Å². The van der Waals surface area contributed by atoms with Gasteiger partial charge in [0.05, 0.1) is 17.7 Å². The molecule has 1 N–H and O–H groups in total. The third-order valence-electron chi connectivity index (χ3n) is 5.86. The molecule has 0 saturated carbocycles. The van der Waals surface area contributed by atoms with E-state index in [1.807, 2.05) is 66.4 Å². The van der Waals surface area contributed by atoms with Gasteiger partial charge in [0, 0.05) is 36.3 Å². The topological polar surface area (TPSA) is 56.1 Å². The van der Waals surface area contributed by atoms with Crippen LogP contribution in [0.25, 0.3) is 0 Å². The molecule has 0 radical (unpaired) electrons. The number of nitriles is 1. The lowest BCUT2D eigenvalue weighted by molar-refractivity contribution is 0.0792. The van der Waals surface area contributed by atoms with Gasteiger partial charge in [-0.25, -0.2) is 0 Å². The van der Waals surface area contributed by atoms with Crippen LogP contribution in [0.15, 0.2) is 72.8 Å². The molecule has 0 bridgehead atoms. The molecular formula is C29H27N3O. The van der Waals surface area contributed by atoms with Gasteiger partial charge in [-0.05, 0) is 67.3 Å². The number of carbonyl (C=O) groups excluding carboxylic acids is 1. The van der Waals surface area contributed by atoms with Crippen LogP contribution in [0.5, 0.6) is 0 Å². The van der Waals surface area contributed by atoms with Crippen LogP contribution in [0.2, 0.25) is 0 Å². The number of anilines is 1. The molecule has 1 aliphatic rings. The maximum Gasteiger partial charge on any atom is 0.254 e. The summed E-state index contributed by atoms with van der Waals surface area (Å²) in [5.41, 5.74) is 5.26. The zero-order valence-electron chi connectivity index (χ0n) is 18.8. The van der Waals surface area contributed by atoms with Gasteiger partial charge >= 0.3 is 0 Å². The molecule has 4 rings (SSSR count). The normalized spacial score (nSPS) is 13.5. The van der Waals surface area contributed by atoms with Crippen LogP contribution < -0.4 is 5.32 Å². The Hall–Kier alpha value is -4.02. The highest BCUT2D eigenvalue weighted by Gasteiger charge is 2.20. The Morgan fingerprint density at radius 2 is 1.79 bits per heavy atom. The van der Waals surface area contributed by atoms with Crippen molar-refractivity contribution in [3.8, 4) is 17.9 Å². The molecule has 1 heterocycles. The van der Waals surface area contributed by atoms with Gasteiger partial charge in [-0.15, -0.1) is 0 Å². The van der Waals surface area contributed by atoms with Crippen LogP contribution in [0.3, 0.4) is 0 Å². The first-order valence-corrected chi connectivity index (χ1v) is 11.3. The van der Waals surface area contributed by atoms with Gasteiger partial charge in [0.15, 0.2) is 0 Å². The fourth-order valence-electron chi connectivity index (χ4n) is 4.11. The lowest BCUT2D eigenvalue weighted by Crippen LogP contribution is -2.28. The summed E-state index contributed by atoms with van der Waals surface area (Å²) in [6, 6.07) is 25.5. The largest absolute Gasteiger partial charge is 0.371 e. The molecule has 3 aromatic rings. The Morgan fingerprint density at radius 1 is 1.00 bits per heavy atom. The van der Waals surface area contributed by atoms with Crippen molar-refractivity contribution >= 4 is 11.6 Å². The molecule has 0 spiro atoms. The first-order chi connectivity index (χ1) is 16.1. The SMILES string of the molecule is Cc1cc(C#CC(Cc2ccccc2)Nc2cccc(C#N)c2)ccc1C(=O)N1CCCC1. The van der Waals surface area contributed by atoms with Crippen molar-refractivity contribution in [1.29, 1.82) is 5.26 Å². The number of nitrogens with zero attached hydrogens (tertiary/aromatic N) is 2. The first-order valence-electron chi connectivity index (χ1n) is 11.3. The number of benzene rings is 3. The molecule has 1 aliphatic heterocycles. The molecule has 0 aromatic heterocycles. The van der Waals surface area contributed by atoms with Crippen molar-refractivity contribution in [2.45, 2.75) is 32.2 Å². The fourth-order valence-corrected chi connectivity index (χ4v) is 4.11. The highest BCUT2D eigenvalue weighted by molar-refractivity contribution is 5.96. The van der Waals surface area contributed by atoms with Crippen molar-refractivity contribution in [1.82, 2.24) is 4.90 Å². The summed E-state index contributed by atoms with van der Waals surface area (Å²) in [4.78, 5) is 14.7. The maximum absolute atomic E-state index is 12.8. The molecule has 1 atom stereocenters. The van der Waals surface area contributed by atoms with Gasteiger partial charge in [-0.2, -0.15) is 5.26 Å². The molecule has 164 valence electrons. The van der Waals surface area contributed by atoms with Gasteiger partial charge < -0.3 is 10.2 Å². The molecule has 3 aromatic carbocycles. The Balaban J connectivity index is 1.55. The van der Waals surface area contributed by atoms with Gasteiger partial charge in [0.2, 0.25) is 0 Å². The Morgan fingerprint density at radius 3 is 2.52 bits per heavy atom. The van der Waals surface area contributed by atoms with Crippen LogP contribution in [-0.2, 0) is 6.42 Å². The molecule has 0 aliphatic carbocycles. The standard InChI is InChI=1S/C29H27N3O/c1-22-18-24(13-15-28(22)29(33)32-16-5-6-17-32)12-14-27(19-23-8-3-2-4-9-23)31-26-11-7-10-25(20-26)21-30/h2-4,7-11,13,15,18,20,27,31H,5-6,16-17,19H2,1H3. The minimum Gasteiger partial charge on any atom is -0.371 e. The third kappa shape index (κ3) is 5.82. The number of nitrogens with one attached hydrogen (secondary N) is 1. The third-order valence-corrected chi connectivity index (χ3v) is 5.86. The van der Waals surface area contributed by atoms with E-state index in [0.717, 1.165) is 54.7 Å². The highest BCUT2D eigenvalue weighted by Crippen LogP contribution is 2.18. The average Bonchev–Trinajstić information content (AvgIpc) is 3.38. The Kier molecular flexibility index (Phi) is 7.08. The van der Waals surface area contributed by atoms with Gasteiger partial charge in [0.1, 0.15) is 0 Å².